The number of imidazole rings is 1. The number of fused-ring (bicyclic) bond motifs is 1. The van der Waals surface area contributed by atoms with Crippen molar-refractivity contribution in [2.45, 2.75) is 6.92 Å². The fraction of sp³-hybridized carbons (Fsp3) is 0.133. The molecule has 0 atom stereocenters. The fourth-order valence-corrected chi connectivity index (χ4v) is 2.24. The van der Waals surface area contributed by atoms with Crippen molar-refractivity contribution in [1.82, 2.24) is 9.55 Å². The number of nitrogens with zero attached hydrogens (tertiary/aromatic N) is 2. The summed E-state index contributed by atoms with van der Waals surface area (Å²) in [6.45, 7) is 2.43. The first-order chi connectivity index (χ1) is 10.1. The van der Waals surface area contributed by atoms with Crippen LogP contribution < -0.4 is 10.5 Å². The molecule has 0 spiro atoms. The van der Waals surface area contributed by atoms with Crippen molar-refractivity contribution in [2.75, 3.05) is 12.3 Å². The van der Waals surface area contributed by atoms with Gasteiger partial charge in [-0.05, 0) is 43.3 Å². The molecule has 0 unspecified atom stereocenters. The minimum Gasteiger partial charge on any atom is -0.494 e. The summed E-state index contributed by atoms with van der Waals surface area (Å²) in [5, 5.41) is 0. The topological polar surface area (TPSA) is 53.1 Å². The average molecular weight is 289 g/mol. The van der Waals surface area contributed by atoms with E-state index in [-0.39, 0.29) is 11.5 Å². The highest BCUT2D eigenvalue weighted by Gasteiger charge is 2.17. The molecule has 2 aromatic carbocycles. The lowest BCUT2D eigenvalue weighted by Gasteiger charge is -2.09. The van der Waals surface area contributed by atoms with Crippen LogP contribution in [0.1, 0.15) is 6.92 Å². The van der Waals surface area contributed by atoms with Crippen molar-refractivity contribution in [3.8, 4) is 11.4 Å². The minimum absolute atomic E-state index is 0.0247. The van der Waals surface area contributed by atoms with E-state index in [2.05, 4.69) is 4.98 Å². The molecule has 3 rings (SSSR count). The van der Waals surface area contributed by atoms with Crippen molar-refractivity contribution >= 4 is 17.0 Å². The summed E-state index contributed by atoms with van der Waals surface area (Å²) in [5.41, 5.74) is 6.75. The monoisotopic (exact) mass is 289 g/mol. The Hall–Kier alpha value is -2.63. The molecule has 0 amide bonds. The Morgan fingerprint density at radius 3 is 2.52 bits per heavy atom. The standard InChI is InChI=1S/C15H13F2N3O/c1-2-21-10-5-3-9(4-6-10)20-14-12(19-15(20)18)8-7-11(16)13(14)17/h3-8H,2H2,1H3,(H2,18,19). The van der Waals surface area contributed by atoms with Crippen LogP contribution in [0.2, 0.25) is 0 Å². The van der Waals surface area contributed by atoms with Gasteiger partial charge in [0.2, 0.25) is 5.95 Å². The molecule has 21 heavy (non-hydrogen) atoms. The lowest BCUT2D eigenvalue weighted by Crippen LogP contribution is -2.02. The fourth-order valence-electron chi connectivity index (χ4n) is 2.24. The predicted molar refractivity (Wildman–Crippen MR) is 76.6 cm³/mol. The highest BCUT2D eigenvalue weighted by molar-refractivity contribution is 5.81. The second kappa shape index (κ2) is 5.05. The van der Waals surface area contributed by atoms with Crippen LogP contribution in [0.15, 0.2) is 36.4 Å². The Kier molecular flexibility index (Phi) is 3.21. The maximum atomic E-state index is 14.0. The van der Waals surface area contributed by atoms with E-state index >= 15 is 0 Å². The van der Waals surface area contributed by atoms with Crippen LogP contribution in [0.4, 0.5) is 14.7 Å². The van der Waals surface area contributed by atoms with Gasteiger partial charge in [0.1, 0.15) is 11.3 Å². The zero-order chi connectivity index (χ0) is 15.0. The number of anilines is 1. The van der Waals surface area contributed by atoms with Crippen LogP contribution in [-0.4, -0.2) is 16.2 Å². The van der Waals surface area contributed by atoms with E-state index in [1.807, 2.05) is 6.92 Å². The number of aromatic nitrogens is 2. The van der Waals surface area contributed by atoms with Crippen molar-refractivity contribution < 1.29 is 13.5 Å². The van der Waals surface area contributed by atoms with Crippen molar-refractivity contribution in [2.24, 2.45) is 0 Å². The number of nitrogens with two attached hydrogens (primary N) is 1. The van der Waals surface area contributed by atoms with Gasteiger partial charge in [-0.15, -0.1) is 0 Å². The van der Waals surface area contributed by atoms with Gasteiger partial charge in [0.25, 0.3) is 0 Å². The van der Waals surface area contributed by atoms with E-state index in [1.54, 1.807) is 24.3 Å². The summed E-state index contributed by atoms with van der Waals surface area (Å²) in [5.74, 6) is -1.12. The highest BCUT2D eigenvalue weighted by Crippen LogP contribution is 2.27. The maximum Gasteiger partial charge on any atom is 0.206 e. The van der Waals surface area contributed by atoms with Gasteiger partial charge in [-0.3, -0.25) is 4.57 Å². The van der Waals surface area contributed by atoms with Gasteiger partial charge < -0.3 is 10.5 Å². The van der Waals surface area contributed by atoms with E-state index in [0.717, 1.165) is 6.07 Å². The van der Waals surface area contributed by atoms with Crippen LogP contribution in [0, 0.1) is 11.6 Å². The summed E-state index contributed by atoms with van der Waals surface area (Å²) < 4.78 is 34.2. The summed E-state index contributed by atoms with van der Waals surface area (Å²) in [4.78, 5) is 4.05. The summed E-state index contributed by atoms with van der Waals surface area (Å²) in [6, 6.07) is 9.34. The molecule has 1 heterocycles. The third-order valence-corrected chi connectivity index (χ3v) is 3.14. The minimum atomic E-state index is -0.967. The number of nitrogen functional groups attached to an aromatic ring is 1. The third-order valence-electron chi connectivity index (χ3n) is 3.14. The Bertz CT molecular complexity index is 797. The summed E-state index contributed by atoms with van der Waals surface area (Å²) in [7, 11) is 0. The van der Waals surface area contributed by atoms with Crippen molar-refractivity contribution in [3.63, 3.8) is 0 Å². The van der Waals surface area contributed by atoms with Gasteiger partial charge >= 0.3 is 0 Å². The van der Waals surface area contributed by atoms with Crippen LogP contribution in [-0.2, 0) is 0 Å². The van der Waals surface area contributed by atoms with Crippen LogP contribution >= 0.6 is 0 Å². The number of ether oxygens (including phenoxy) is 1. The molecule has 0 aliphatic rings. The zero-order valence-electron chi connectivity index (χ0n) is 11.3. The van der Waals surface area contributed by atoms with E-state index in [0.29, 0.717) is 23.6 Å². The Balaban J connectivity index is 2.19. The molecule has 2 N–H and O–H groups in total. The molecular weight excluding hydrogens is 276 g/mol. The highest BCUT2D eigenvalue weighted by atomic mass is 19.2. The molecular formula is C15H13F2N3O. The summed E-state index contributed by atoms with van der Waals surface area (Å²) >= 11 is 0. The number of rotatable bonds is 3. The largest absolute Gasteiger partial charge is 0.494 e. The lowest BCUT2D eigenvalue weighted by molar-refractivity contribution is 0.340. The van der Waals surface area contributed by atoms with Crippen LogP contribution in [0.25, 0.3) is 16.7 Å². The number of hydrogen-bond donors (Lipinski definition) is 1. The van der Waals surface area contributed by atoms with Gasteiger partial charge in [0.15, 0.2) is 11.6 Å². The third kappa shape index (κ3) is 2.18. The average Bonchev–Trinajstić information content (AvgIpc) is 2.81. The predicted octanol–water partition coefficient (Wildman–Crippen LogP) is 3.28. The van der Waals surface area contributed by atoms with Crippen molar-refractivity contribution in [3.05, 3.63) is 48.0 Å². The van der Waals surface area contributed by atoms with Gasteiger partial charge in [-0.2, -0.15) is 0 Å². The van der Waals surface area contributed by atoms with Crippen LogP contribution in [0.3, 0.4) is 0 Å². The first-order valence-corrected chi connectivity index (χ1v) is 6.47. The molecule has 1 aromatic heterocycles. The number of halogens is 2. The molecule has 108 valence electrons. The molecule has 3 aromatic rings. The second-order valence-corrected chi connectivity index (χ2v) is 4.46. The normalized spacial score (nSPS) is 11.0. The second-order valence-electron chi connectivity index (χ2n) is 4.46. The number of hydrogen-bond acceptors (Lipinski definition) is 3. The molecule has 0 aliphatic carbocycles. The maximum absolute atomic E-state index is 14.0. The van der Waals surface area contributed by atoms with Gasteiger partial charge in [0.05, 0.1) is 12.1 Å². The van der Waals surface area contributed by atoms with E-state index < -0.39 is 11.6 Å². The Morgan fingerprint density at radius 1 is 1.14 bits per heavy atom. The molecule has 0 aliphatic heterocycles. The molecule has 0 saturated carbocycles. The molecule has 0 radical (unpaired) electrons. The van der Waals surface area contributed by atoms with E-state index in [9.17, 15) is 8.78 Å². The molecule has 6 heteroatoms. The first kappa shape index (κ1) is 13.4. The zero-order valence-corrected chi connectivity index (χ0v) is 11.3. The van der Waals surface area contributed by atoms with Gasteiger partial charge in [-0.1, -0.05) is 0 Å². The Labute approximate surface area is 119 Å². The van der Waals surface area contributed by atoms with Gasteiger partial charge in [-0.25, -0.2) is 13.8 Å². The first-order valence-electron chi connectivity index (χ1n) is 6.47. The molecule has 0 fully saturated rings. The van der Waals surface area contributed by atoms with Gasteiger partial charge in [0, 0.05) is 5.69 Å². The van der Waals surface area contributed by atoms with Crippen LogP contribution in [0.5, 0.6) is 5.75 Å². The van der Waals surface area contributed by atoms with E-state index in [4.69, 9.17) is 10.5 Å². The molecule has 4 nitrogen and oxygen atoms in total. The quantitative estimate of drug-likeness (QED) is 0.805. The SMILES string of the molecule is CCOc1ccc(-n2c(N)nc3ccc(F)c(F)c32)cc1. The lowest BCUT2D eigenvalue weighted by atomic mass is 10.2. The molecule has 0 bridgehead atoms. The van der Waals surface area contributed by atoms with Crippen molar-refractivity contribution in [1.29, 1.82) is 0 Å². The Morgan fingerprint density at radius 2 is 1.86 bits per heavy atom. The summed E-state index contributed by atoms with van der Waals surface area (Å²) in [6.07, 6.45) is 0. The van der Waals surface area contributed by atoms with E-state index in [1.165, 1.54) is 10.6 Å². The number of benzene rings is 2. The smallest absolute Gasteiger partial charge is 0.206 e. The molecule has 0 saturated heterocycles.